The quantitative estimate of drug-likeness (QED) is 0.421. The lowest BCUT2D eigenvalue weighted by Crippen LogP contribution is -2.48. The molecule has 1 fully saturated rings. The summed E-state index contributed by atoms with van der Waals surface area (Å²) < 4.78 is 11.0. The first-order valence-electron chi connectivity index (χ1n) is 7.89. The van der Waals surface area contributed by atoms with E-state index in [1.54, 1.807) is 6.07 Å². The fraction of sp³-hybridized carbons (Fsp3) is 0.200. The summed E-state index contributed by atoms with van der Waals surface area (Å²) in [7, 11) is 0. The summed E-state index contributed by atoms with van der Waals surface area (Å²) >= 11 is 0. The van der Waals surface area contributed by atoms with E-state index in [9.17, 15) is 9.59 Å². The van der Waals surface area contributed by atoms with Gasteiger partial charge in [0.2, 0.25) is 5.78 Å². The number of rotatable bonds is 4. The van der Waals surface area contributed by atoms with Gasteiger partial charge in [0.25, 0.3) is 5.60 Å². The number of ether oxygens (including phenoxy) is 2. The van der Waals surface area contributed by atoms with E-state index in [0.29, 0.717) is 5.75 Å². The van der Waals surface area contributed by atoms with Crippen LogP contribution in [0.3, 0.4) is 0 Å². The van der Waals surface area contributed by atoms with Crippen molar-refractivity contribution in [2.45, 2.75) is 18.4 Å². The maximum absolute atomic E-state index is 12.3. The molecule has 2 aromatic rings. The number of cyclic esters (lactones) is 1. The van der Waals surface area contributed by atoms with Gasteiger partial charge in [-0.1, -0.05) is 43.0 Å². The SMILES string of the molecule is C=CC(=O)[C@]1(Oc2cccc3c2Cc2ccccc2-3)CCOC1=O. The van der Waals surface area contributed by atoms with Gasteiger partial charge < -0.3 is 9.47 Å². The minimum Gasteiger partial charge on any atom is -0.467 e. The average Bonchev–Trinajstić information content (AvgIpc) is 3.16. The summed E-state index contributed by atoms with van der Waals surface area (Å²) in [6.45, 7) is 3.67. The van der Waals surface area contributed by atoms with E-state index in [4.69, 9.17) is 9.47 Å². The summed E-state index contributed by atoms with van der Waals surface area (Å²) in [5, 5.41) is 0. The zero-order chi connectivity index (χ0) is 16.7. The number of carbonyl (C=O) groups excluding carboxylic acids is 2. The van der Waals surface area contributed by atoms with Crippen molar-refractivity contribution in [2.24, 2.45) is 0 Å². The highest BCUT2D eigenvalue weighted by atomic mass is 16.6. The van der Waals surface area contributed by atoms with Gasteiger partial charge in [-0.2, -0.15) is 0 Å². The van der Waals surface area contributed by atoms with Crippen molar-refractivity contribution in [3.63, 3.8) is 0 Å². The number of hydrogen-bond acceptors (Lipinski definition) is 4. The molecule has 2 aromatic carbocycles. The molecule has 1 aliphatic carbocycles. The standard InChI is InChI=1S/C20H16O4/c1-2-18(21)20(10-11-23-19(20)22)24-17-9-5-8-15-14-7-4-3-6-13(14)12-16(15)17/h2-9H,1,10-12H2/t20-/m1/s1. The molecule has 0 bridgehead atoms. The van der Waals surface area contributed by atoms with Crippen LogP contribution in [0.15, 0.2) is 55.1 Å². The van der Waals surface area contributed by atoms with Gasteiger partial charge in [-0.15, -0.1) is 0 Å². The number of carbonyl (C=O) groups is 2. The van der Waals surface area contributed by atoms with Gasteiger partial charge in [0.05, 0.1) is 6.61 Å². The van der Waals surface area contributed by atoms with Crippen LogP contribution >= 0.6 is 0 Å². The molecule has 4 rings (SSSR count). The van der Waals surface area contributed by atoms with Gasteiger partial charge >= 0.3 is 5.97 Å². The maximum atomic E-state index is 12.3. The minimum atomic E-state index is -1.61. The van der Waals surface area contributed by atoms with E-state index in [-0.39, 0.29) is 13.0 Å². The Morgan fingerprint density at radius 3 is 2.71 bits per heavy atom. The summed E-state index contributed by atoms with van der Waals surface area (Å²) in [5.41, 5.74) is 2.84. The summed E-state index contributed by atoms with van der Waals surface area (Å²) in [5.74, 6) is -0.545. The van der Waals surface area contributed by atoms with Crippen LogP contribution < -0.4 is 4.74 Å². The van der Waals surface area contributed by atoms with Crippen molar-refractivity contribution >= 4 is 11.8 Å². The predicted molar refractivity (Wildman–Crippen MR) is 88.8 cm³/mol. The fourth-order valence-corrected chi connectivity index (χ4v) is 3.45. The van der Waals surface area contributed by atoms with E-state index in [1.807, 2.05) is 24.3 Å². The van der Waals surface area contributed by atoms with Gasteiger partial charge in [0, 0.05) is 18.4 Å². The lowest BCUT2D eigenvalue weighted by atomic mass is 9.95. The van der Waals surface area contributed by atoms with Crippen LogP contribution in [0.25, 0.3) is 11.1 Å². The Labute approximate surface area is 139 Å². The van der Waals surface area contributed by atoms with E-state index in [0.717, 1.165) is 29.2 Å². The molecule has 1 aliphatic heterocycles. The third kappa shape index (κ3) is 1.99. The Bertz CT molecular complexity index is 868. The van der Waals surface area contributed by atoms with E-state index < -0.39 is 17.4 Å². The van der Waals surface area contributed by atoms with Crippen LogP contribution in [-0.4, -0.2) is 24.0 Å². The first kappa shape index (κ1) is 14.7. The summed E-state index contributed by atoms with van der Waals surface area (Å²) in [4.78, 5) is 24.5. The fourth-order valence-electron chi connectivity index (χ4n) is 3.45. The largest absolute Gasteiger partial charge is 0.467 e. The minimum absolute atomic E-state index is 0.174. The van der Waals surface area contributed by atoms with Crippen LogP contribution in [-0.2, 0) is 20.7 Å². The van der Waals surface area contributed by atoms with Crippen molar-refractivity contribution in [3.8, 4) is 16.9 Å². The Hall–Kier alpha value is -2.88. The Morgan fingerprint density at radius 1 is 1.17 bits per heavy atom. The van der Waals surface area contributed by atoms with Crippen LogP contribution in [0.5, 0.6) is 5.75 Å². The lowest BCUT2D eigenvalue weighted by molar-refractivity contribution is -0.155. The highest BCUT2D eigenvalue weighted by molar-refractivity contribution is 6.13. The van der Waals surface area contributed by atoms with Crippen LogP contribution in [0.4, 0.5) is 0 Å². The van der Waals surface area contributed by atoms with E-state index >= 15 is 0 Å². The molecule has 4 nitrogen and oxygen atoms in total. The normalized spacial score (nSPS) is 20.9. The lowest BCUT2D eigenvalue weighted by Gasteiger charge is -2.24. The molecule has 0 spiro atoms. The Morgan fingerprint density at radius 2 is 1.96 bits per heavy atom. The predicted octanol–water partition coefficient (Wildman–Crippen LogP) is 3.08. The van der Waals surface area contributed by atoms with Gasteiger partial charge in [-0.25, -0.2) is 4.79 Å². The smallest absolute Gasteiger partial charge is 0.358 e. The molecule has 24 heavy (non-hydrogen) atoms. The second-order valence-electron chi connectivity index (χ2n) is 6.00. The number of esters is 1. The van der Waals surface area contributed by atoms with E-state index in [2.05, 4.69) is 18.7 Å². The molecule has 1 saturated heterocycles. The van der Waals surface area contributed by atoms with Crippen molar-refractivity contribution in [1.29, 1.82) is 0 Å². The number of benzene rings is 2. The van der Waals surface area contributed by atoms with E-state index in [1.165, 1.54) is 5.56 Å². The van der Waals surface area contributed by atoms with Gasteiger partial charge in [0.15, 0.2) is 0 Å². The molecular weight excluding hydrogens is 304 g/mol. The Balaban J connectivity index is 1.78. The first-order chi connectivity index (χ1) is 11.7. The number of ketones is 1. The number of hydrogen-bond donors (Lipinski definition) is 0. The summed E-state index contributed by atoms with van der Waals surface area (Å²) in [6.07, 6.45) is 2.05. The average molecular weight is 320 g/mol. The highest BCUT2D eigenvalue weighted by Gasteiger charge is 2.53. The summed E-state index contributed by atoms with van der Waals surface area (Å²) in [6, 6.07) is 13.9. The maximum Gasteiger partial charge on any atom is 0.358 e. The number of fused-ring (bicyclic) bond motifs is 3. The molecule has 0 saturated carbocycles. The third-order valence-corrected chi connectivity index (χ3v) is 4.69. The van der Waals surface area contributed by atoms with Gasteiger partial charge in [0.1, 0.15) is 5.75 Å². The molecule has 0 unspecified atom stereocenters. The molecule has 4 heteroatoms. The Kier molecular flexibility index (Phi) is 3.27. The molecule has 1 atom stereocenters. The monoisotopic (exact) mass is 320 g/mol. The van der Waals surface area contributed by atoms with Gasteiger partial charge in [-0.3, -0.25) is 4.79 Å². The molecule has 0 aromatic heterocycles. The van der Waals surface area contributed by atoms with Crippen molar-refractivity contribution in [3.05, 3.63) is 66.2 Å². The zero-order valence-corrected chi connectivity index (χ0v) is 13.1. The van der Waals surface area contributed by atoms with Crippen molar-refractivity contribution in [2.75, 3.05) is 6.61 Å². The molecule has 0 N–H and O–H groups in total. The second kappa shape index (κ2) is 5.34. The molecule has 0 amide bonds. The third-order valence-electron chi connectivity index (χ3n) is 4.69. The molecule has 1 heterocycles. The topological polar surface area (TPSA) is 52.6 Å². The van der Waals surface area contributed by atoms with Crippen LogP contribution in [0.2, 0.25) is 0 Å². The molecular formula is C20H16O4. The van der Waals surface area contributed by atoms with Crippen LogP contribution in [0, 0.1) is 0 Å². The second-order valence-corrected chi connectivity index (χ2v) is 6.00. The van der Waals surface area contributed by atoms with Gasteiger partial charge in [-0.05, 0) is 28.8 Å². The first-order valence-corrected chi connectivity index (χ1v) is 7.89. The van der Waals surface area contributed by atoms with Crippen molar-refractivity contribution < 1.29 is 19.1 Å². The zero-order valence-electron chi connectivity index (χ0n) is 13.1. The molecule has 2 aliphatic rings. The van der Waals surface area contributed by atoms with Crippen molar-refractivity contribution in [1.82, 2.24) is 0 Å². The van der Waals surface area contributed by atoms with Crippen LogP contribution in [0.1, 0.15) is 17.5 Å². The highest BCUT2D eigenvalue weighted by Crippen LogP contribution is 2.42. The molecule has 120 valence electrons. The molecule has 0 radical (unpaired) electrons.